The Bertz CT molecular complexity index is 878. The van der Waals surface area contributed by atoms with Crippen molar-refractivity contribution in [3.63, 3.8) is 0 Å². The van der Waals surface area contributed by atoms with E-state index in [1.54, 1.807) is 29.1 Å². The smallest absolute Gasteiger partial charge is 0.409 e. The monoisotopic (exact) mass is 395 g/mol. The third kappa shape index (κ3) is 4.16. The van der Waals surface area contributed by atoms with E-state index in [4.69, 9.17) is 4.74 Å². The molecule has 4 rings (SSSR count). The van der Waals surface area contributed by atoms with E-state index in [0.29, 0.717) is 37.8 Å². The van der Waals surface area contributed by atoms with Crippen molar-refractivity contribution in [1.29, 1.82) is 0 Å². The first-order chi connectivity index (χ1) is 14.2. The maximum atomic E-state index is 12.8. The van der Waals surface area contributed by atoms with E-state index >= 15 is 0 Å². The SMILES string of the molecule is CCOC(=O)N1CCC(Nc2ncc(C(=O)N3CCc4ccccc43)cn2)CC1. The first kappa shape index (κ1) is 19.2. The predicted molar refractivity (Wildman–Crippen MR) is 109 cm³/mol. The predicted octanol–water partition coefficient (Wildman–Crippen LogP) is 2.71. The van der Waals surface area contributed by atoms with Crippen molar-refractivity contribution in [2.75, 3.05) is 36.5 Å². The van der Waals surface area contributed by atoms with E-state index < -0.39 is 0 Å². The first-order valence-electron chi connectivity index (χ1n) is 10.1. The molecule has 0 radical (unpaired) electrons. The molecule has 1 aromatic heterocycles. The lowest BCUT2D eigenvalue weighted by atomic mass is 10.1. The maximum Gasteiger partial charge on any atom is 0.409 e. The van der Waals surface area contributed by atoms with Crippen LogP contribution in [-0.4, -0.2) is 59.2 Å². The third-order valence-electron chi connectivity index (χ3n) is 5.39. The Hall–Kier alpha value is -3.16. The van der Waals surface area contributed by atoms with Gasteiger partial charge < -0.3 is 19.9 Å². The van der Waals surface area contributed by atoms with Gasteiger partial charge in [0, 0.05) is 43.8 Å². The summed E-state index contributed by atoms with van der Waals surface area (Å²) in [7, 11) is 0. The standard InChI is InChI=1S/C21H25N5O3/c1-2-29-21(28)25-10-8-17(9-11-25)24-20-22-13-16(14-23-20)19(27)26-12-7-15-5-3-4-6-18(15)26/h3-6,13-14,17H,2,7-12H2,1H3,(H,22,23,24). The summed E-state index contributed by atoms with van der Waals surface area (Å²) in [5.74, 6) is 0.419. The number of para-hydroxylation sites is 1. The number of ether oxygens (including phenoxy) is 1. The summed E-state index contributed by atoms with van der Waals surface area (Å²) in [6.45, 7) is 4.15. The lowest BCUT2D eigenvalue weighted by Gasteiger charge is -2.31. The van der Waals surface area contributed by atoms with Gasteiger partial charge in [-0.25, -0.2) is 14.8 Å². The molecule has 3 heterocycles. The first-order valence-corrected chi connectivity index (χ1v) is 10.1. The van der Waals surface area contributed by atoms with Crippen molar-refractivity contribution < 1.29 is 14.3 Å². The van der Waals surface area contributed by atoms with Gasteiger partial charge in [0.05, 0.1) is 12.2 Å². The number of likely N-dealkylation sites (tertiary alicyclic amines) is 1. The zero-order valence-electron chi connectivity index (χ0n) is 16.5. The topological polar surface area (TPSA) is 87.7 Å². The summed E-state index contributed by atoms with van der Waals surface area (Å²) in [6.07, 6.45) is 5.36. The van der Waals surface area contributed by atoms with Crippen LogP contribution in [0.5, 0.6) is 0 Å². The Morgan fingerprint density at radius 2 is 1.86 bits per heavy atom. The third-order valence-corrected chi connectivity index (χ3v) is 5.39. The second kappa shape index (κ2) is 8.46. The quantitative estimate of drug-likeness (QED) is 0.856. The molecule has 0 atom stereocenters. The molecule has 2 aliphatic heterocycles. The summed E-state index contributed by atoms with van der Waals surface area (Å²) < 4.78 is 5.04. The van der Waals surface area contributed by atoms with Crippen LogP contribution in [0.1, 0.15) is 35.7 Å². The fourth-order valence-corrected chi connectivity index (χ4v) is 3.82. The van der Waals surface area contributed by atoms with Crippen molar-refractivity contribution in [3.05, 3.63) is 47.8 Å². The van der Waals surface area contributed by atoms with Gasteiger partial charge in [-0.3, -0.25) is 4.79 Å². The highest BCUT2D eigenvalue weighted by Gasteiger charge is 2.26. The molecular formula is C21H25N5O3. The van der Waals surface area contributed by atoms with Crippen LogP contribution in [0.25, 0.3) is 0 Å². The van der Waals surface area contributed by atoms with Gasteiger partial charge in [0.2, 0.25) is 5.95 Å². The Kier molecular flexibility index (Phi) is 5.59. The van der Waals surface area contributed by atoms with Crippen LogP contribution >= 0.6 is 0 Å². The molecule has 0 unspecified atom stereocenters. The van der Waals surface area contributed by atoms with E-state index in [1.807, 2.05) is 18.2 Å². The van der Waals surface area contributed by atoms with Gasteiger partial charge in [0.25, 0.3) is 5.91 Å². The van der Waals surface area contributed by atoms with Gasteiger partial charge in [0.1, 0.15) is 0 Å². The normalized spacial score (nSPS) is 16.4. The molecule has 1 fully saturated rings. The highest BCUT2D eigenvalue weighted by atomic mass is 16.6. The van der Waals surface area contributed by atoms with E-state index in [2.05, 4.69) is 21.4 Å². The lowest BCUT2D eigenvalue weighted by molar-refractivity contribution is 0.0978. The summed E-state index contributed by atoms with van der Waals surface area (Å²) in [6, 6.07) is 8.15. The highest BCUT2D eigenvalue weighted by molar-refractivity contribution is 6.06. The number of piperidine rings is 1. The fraction of sp³-hybridized carbons (Fsp3) is 0.429. The number of carbonyl (C=O) groups is 2. The molecule has 0 bridgehead atoms. The number of hydrogen-bond donors (Lipinski definition) is 1. The summed E-state index contributed by atoms with van der Waals surface area (Å²) in [4.78, 5) is 36.8. The molecule has 8 nitrogen and oxygen atoms in total. The second-order valence-electron chi connectivity index (χ2n) is 7.24. The van der Waals surface area contributed by atoms with Gasteiger partial charge in [-0.2, -0.15) is 0 Å². The van der Waals surface area contributed by atoms with E-state index in [9.17, 15) is 9.59 Å². The Balaban J connectivity index is 1.33. The van der Waals surface area contributed by atoms with Crippen LogP contribution in [0.2, 0.25) is 0 Å². The van der Waals surface area contributed by atoms with Crippen LogP contribution in [0.4, 0.5) is 16.4 Å². The van der Waals surface area contributed by atoms with Crippen LogP contribution in [0.15, 0.2) is 36.7 Å². The number of rotatable bonds is 4. The van der Waals surface area contributed by atoms with Crippen LogP contribution in [-0.2, 0) is 11.2 Å². The molecule has 0 aliphatic carbocycles. The summed E-state index contributed by atoms with van der Waals surface area (Å²) in [5, 5.41) is 3.30. The number of amides is 2. The van der Waals surface area contributed by atoms with Crippen molar-refractivity contribution in [2.45, 2.75) is 32.2 Å². The van der Waals surface area contributed by atoms with Gasteiger partial charge in [-0.1, -0.05) is 18.2 Å². The summed E-state index contributed by atoms with van der Waals surface area (Å²) >= 11 is 0. The highest BCUT2D eigenvalue weighted by Crippen LogP contribution is 2.28. The minimum Gasteiger partial charge on any atom is -0.450 e. The van der Waals surface area contributed by atoms with Crippen LogP contribution in [0.3, 0.4) is 0 Å². The average Bonchev–Trinajstić information content (AvgIpc) is 3.19. The maximum absolute atomic E-state index is 12.8. The number of fused-ring (bicyclic) bond motifs is 1. The van der Waals surface area contributed by atoms with Crippen molar-refractivity contribution >= 4 is 23.6 Å². The Morgan fingerprint density at radius 3 is 2.59 bits per heavy atom. The van der Waals surface area contributed by atoms with Crippen LogP contribution < -0.4 is 10.2 Å². The molecular weight excluding hydrogens is 370 g/mol. The largest absolute Gasteiger partial charge is 0.450 e. The van der Waals surface area contributed by atoms with E-state index in [0.717, 1.165) is 24.9 Å². The molecule has 1 N–H and O–H groups in total. The number of hydrogen-bond acceptors (Lipinski definition) is 6. The van der Waals surface area contributed by atoms with Crippen molar-refractivity contribution in [1.82, 2.24) is 14.9 Å². The molecule has 152 valence electrons. The molecule has 0 saturated carbocycles. The molecule has 1 aromatic carbocycles. The van der Waals surface area contributed by atoms with E-state index in [-0.39, 0.29) is 18.0 Å². The molecule has 8 heteroatoms. The Labute approximate surface area is 169 Å². The molecule has 0 spiro atoms. The molecule has 1 saturated heterocycles. The second-order valence-corrected chi connectivity index (χ2v) is 7.24. The number of carbonyl (C=O) groups excluding carboxylic acids is 2. The lowest BCUT2D eigenvalue weighted by Crippen LogP contribution is -2.42. The Morgan fingerprint density at radius 1 is 1.14 bits per heavy atom. The summed E-state index contributed by atoms with van der Waals surface area (Å²) in [5.41, 5.74) is 2.63. The number of aromatic nitrogens is 2. The minimum absolute atomic E-state index is 0.0794. The van der Waals surface area contributed by atoms with E-state index in [1.165, 1.54) is 5.56 Å². The number of anilines is 2. The molecule has 2 aromatic rings. The van der Waals surface area contributed by atoms with Gasteiger partial charge in [-0.05, 0) is 37.8 Å². The van der Waals surface area contributed by atoms with Gasteiger partial charge in [0.15, 0.2) is 0 Å². The number of benzene rings is 1. The van der Waals surface area contributed by atoms with Crippen LogP contribution in [0, 0.1) is 0 Å². The zero-order valence-corrected chi connectivity index (χ0v) is 16.5. The fourth-order valence-electron chi connectivity index (χ4n) is 3.82. The van der Waals surface area contributed by atoms with Gasteiger partial charge in [-0.15, -0.1) is 0 Å². The average molecular weight is 395 g/mol. The molecule has 2 aliphatic rings. The van der Waals surface area contributed by atoms with Crippen molar-refractivity contribution in [3.8, 4) is 0 Å². The van der Waals surface area contributed by atoms with Crippen molar-refractivity contribution in [2.24, 2.45) is 0 Å². The number of nitrogens with one attached hydrogen (secondary N) is 1. The minimum atomic E-state index is -0.256. The van der Waals surface area contributed by atoms with Gasteiger partial charge >= 0.3 is 6.09 Å². The molecule has 2 amide bonds. The zero-order chi connectivity index (χ0) is 20.2. The molecule has 29 heavy (non-hydrogen) atoms. The number of nitrogens with zero attached hydrogens (tertiary/aromatic N) is 4.